The lowest BCUT2D eigenvalue weighted by Gasteiger charge is -2.09. The largest absolute Gasteiger partial charge is 0.398 e. The predicted molar refractivity (Wildman–Crippen MR) is 58.4 cm³/mol. The van der Waals surface area contributed by atoms with Crippen molar-refractivity contribution < 1.29 is 8.39 Å². The van der Waals surface area contributed by atoms with E-state index in [-0.39, 0.29) is 16.9 Å². The minimum absolute atomic E-state index is 0.141. The molecule has 0 spiro atoms. The summed E-state index contributed by atoms with van der Waals surface area (Å²) >= 11 is -1.54. The topological polar surface area (TPSA) is 112 Å². The number of nitrogens with zero attached hydrogens (tertiary/aromatic N) is 2. The van der Waals surface area contributed by atoms with Crippen molar-refractivity contribution >= 4 is 16.8 Å². The first kappa shape index (κ1) is 12.0. The Morgan fingerprint density at radius 2 is 1.94 bits per heavy atom. The number of benzene rings is 1. The molecule has 0 aliphatic carbocycles. The van der Waals surface area contributed by atoms with E-state index in [1.807, 2.05) is 12.1 Å². The van der Waals surface area contributed by atoms with Gasteiger partial charge in [0.2, 0.25) is 11.1 Å². The van der Waals surface area contributed by atoms with Crippen LogP contribution in [0, 0.1) is 22.7 Å². The molecule has 3 N–H and O–H groups in total. The van der Waals surface area contributed by atoms with Gasteiger partial charge >= 0.3 is 0 Å². The molecule has 0 saturated carbocycles. The van der Waals surface area contributed by atoms with Gasteiger partial charge in [-0.3, -0.25) is 5.84 Å². The van der Waals surface area contributed by atoms with Gasteiger partial charge in [-0.1, -0.05) is 0 Å². The second-order valence-corrected chi connectivity index (χ2v) is 3.72. The molecule has 1 atom stereocenters. The highest BCUT2D eigenvalue weighted by atomic mass is 32.2. The Labute approximate surface area is 94.9 Å². The molecule has 0 fully saturated rings. The predicted octanol–water partition coefficient (Wildman–Crippen LogP) is 0.388. The molecule has 0 aromatic heterocycles. The summed E-state index contributed by atoms with van der Waals surface area (Å²) in [5.74, 6) is 5.39. The monoisotopic (exact) mass is 236 g/mol. The lowest BCUT2D eigenvalue weighted by Crippen LogP contribution is -2.10. The van der Waals surface area contributed by atoms with E-state index < -0.39 is 11.1 Å². The second-order valence-electron chi connectivity index (χ2n) is 2.75. The molecule has 0 heterocycles. The zero-order valence-electron chi connectivity index (χ0n) is 8.35. The minimum atomic E-state index is -1.54. The highest BCUT2D eigenvalue weighted by Gasteiger charge is 2.11. The molecule has 82 valence electrons. The summed E-state index contributed by atoms with van der Waals surface area (Å²) in [7, 11) is 0. The first-order valence-electron chi connectivity index (χ1n) is 4.09. The van der Waals surface area contributed by atoms with E-state index in [1.54, 1.807) is 0 Å². The van der Waals surface area contributed by atoms with Crippen LogP contribution < -0.4 is 15.5 Å². The van der Waals surface area contributed by atoms with E-state index in [0.29, 0.717) is 5.69 Å². The maximum atomic E-state index is 10.9. The molecule has 1 aromatic carbocycles. The van der Waals surface area contributed by atoms with Crippen molar-refractivity contribution in [1.82, 2.24) is 0 Å². The molecule has 16 heavy (non-hydrogen) atoms. The van der Waals surface area contributed by atoms with Crippen molar-refractivity contribution in [3.63, 3.8) is 0 Å². The number of hydrogen-bond donors (Lipinski definition) is 2. The second kappa shape index (κ2) is 5.12. The summed E-state index contributed by atoms with van der Waals surface area (Å²) in [6.45, 7) is 0. The quantitative estimate of drug-likeness (QED) is 0.579. The van der Waals surface area contributed by atoms with Crippen LogP contribution in [0.3, 0.4) is 0 Å². The van der Waals surface area contributed by atoms with Crippen LogP contribution in [0.25, 0.3) is 0 Å². The molecule has 0 radical (unpaired) electrons. The summed E-state index contributed by atoms with van der Waals surface area (Å²) in [4.78, 5) is 0. The summed E-state index contributed by atoms with van der Waals surface area (Å²) in [5.41, 5.74) is 2.92. The van der Waals surface area contributed by atoms with Gasteiger partial charge in [0, 0.05) is 12.3 Å². The fourth-order valence-electron chi connectivity index (χ4n) is 1.07. The van der Waals surface area contributed by atoms with Gasteiger partial charge in [0.05, 0.1) is 16.8 Å². The third-order valence-corrected chi connectivity index (χ3v) is 2.14. The van der Waals surface area contributed by atoms with Gasteiger partial charge in [0.1, 0.15) is 12.1 Å². The van der Waals surface area contributed by atoms with E-state index in [2.05, 4.69) is 5.43 Å². The average Bonchev–Trinajstić information content (AvgIpc) is 2.27. The summed E-state index contributed by atoms with van der Waals surface area (Å²) in [5, 5.41) is 17.6. The Kier molecular flexibility index (Phi) is 3.84. The molecule has 0 aliphatic heterocycles. The number of hydrazine groups is 1. The van der Waals surface area contributed by atoms with Crippen LogP contribution in [0.1, 0.15) is 11.1 Å². The van der Waals surface area contributed by atoms with Gasteiger partial charge in [-0.05, 0) is 6.07 Å². The fourth-order valence-corrected chi connectivity index (χ4v) is 1.46. The SMILES string of the molecule is CS(=O)Oc1cc(C#N)c(C#N)cc1NN. The Morgan fingerprint density at radius 3 is 2.38 bits per heavy atom. The van der Waals surface area contributed by atoms with Crippen LogP contribution in [-0.4, -0.2) is 10.5 Å². The number of nitrogens with one attached hydrogen (secondary N) is 1. The zero-order valence-corrected chi connectivity index (χ0v) is 9.17. The van der Waals surface area contributed by atoms with Crippen LogP contribution in [0.4, 0.5) is 5.69 Å². The van der Waals surface area contributed by atoms with E-state index in [4.69, 9.17) is 20.5 Å². The van der Waals surface area contributed by atoms with Crippen LogP contribution in [-0.2, 0) is 11.1 Å². The molecule has 0 saturated heterocycles. The molecule has 0 bridgehead atoms. The Balaban J connectivity index is 3.34. The third-order valence-electron chi connectivity index (χ3n) is 1.72. The molecule has 0 aliphatic rings. The van der Waals surface area contributed by atoms with Gasteiger partial charge in [-0.25, -0.2) is 4.21 Å². The van der Waals surface area contributed by atoms with Gasteiger partial charge in [0.25, 0.3) is 0 Å². The van der Waals surface area contributed by atoms with E-state index in [9.17, 15) is 4.21 Å². The maximum Gasteiger partial charge on any atom is 0.203 e. The van der Waals surface area contributed by atoms with Gasteiger partial charge in [-0.15, -0.1) is 0 Å². The van der Waals surface area contributed by atoms with Crippen LogP contribution >= 0.6 is 0 Å². The lowest BCUT2D eigenvalue weighted by atomic mass is 10.1. The molecule has 1 aromatic rings. The van der Waals surface area contributed by atoms with Crippen molar-refractivity contribution in [2.45, 2.75) is 0 Å². The third kappa shape index (κ3) is 2.48. The lowest BCUT2D eigenvalue weighted by molar-refractivity contribution is 0.569. The number of rotatable bonds is 3. The van der Waals surface area contributed by atoms with Crippen LogP contribution in [0.15, 0.2) is 12.1 Å². The van der Waals surface area contributed by atoms with Crippen molar-refractivity contribution in [2.24, 2.45) is 5.84 Å². The Morgan fingerprint density at radius 1 is 1.38 bits per heavy atom. The van der Waals surface area contributed by atoms with Crippen LogP contribution in [0.5, 0.6) is 5.75 Å². The highest BCUT2D eigenvalue weighted by molar-refractivity contribution is 7.79. The van der Waals surface area contributed by atoms with Crippen molar-refractivity contribution in [1.29, 1.82) is 10.5 Å². The summed E-state index contributed by atoms with van der Waals surface area (Å²) in [6, 6.07) is 6.37. The van der Waals surface area contributed by atoms with Crippen molar-refractivity contribution in [3.8, 4) is 17.9 Å². The van der Waals surface area contributed by atoms with Gasteiger partial charge in [-0.2, -0.15) is 10.5 Å². The highest BCUT2D eigenvalue weighted by Crippen LogP contribution is 2.28. The summed E-state index contributed by atoms with van der Waals surface area (Å²) < 4.78 is 15.9. The first-order chi connectivity index (χ1) is 7.62. The smallest absolute Gasteiger partial charge is 0.203 e. The molecule has 0 amide bonds. The van der Waals surface area contributed by atoms with E-state index >= 15 is 0 Å². The number of anilines is 1. The van der Waals surface area contributed by atoms with Crippen molar-refractivity contribution in [3.05, 3.63) is 23.3 Å². The molecule has 1 unspecified atom stereocenters. The number of nitriles is 2. The molecule has 1 rings (SSSR count). The molecular formula is C9H8N4O2S. The van der Waals surface area contributed by atoms with Crippen molar-refractivity contribution in [2.75, 3.05) is 11.7 Å². The van der Waals surface area contributed by atoms with Crippen LogP contribution in [0.2, 0.25) is 0 Å². The van der Waals surface area contributed by atoms with Gasteiger partial charge in [0.15, 0.2) is 5.75 Å². The molecule has 7 heteroatoms. The standard InChI is InChI=1S/C9H8N4O2S/c1-16(14)15-9-3-7(5-11)6(4-10)2-8(9)13-12/h2-3,13H,12H2,1H3. The Hall–Kier alpha value is -2.09. The number of nitrogens with two attached hydrogens (primary N) is 1. The number of hydrogen-bond acceptors (Lipinski definition) is 6. The van der Waals surface area contributed by atoms with Gasteiger partial charge < -0.3 is 9.61 Å². The zero-order chi connectivity index (χ0) is 12.1. The number of nitrogen functional groups attached to an aromatic ring is 1. The Bertz CT molecular complexity index is 515. The summed E-state index contributed by atoms with van der Waals surface area (Å²) in [6.07, 6.45) is 1.34. The molecule has 6 nitrogen and oxygen atoms in total. The fraction of sp³-hybridized carbons (Fsp3) is 0.111. The van der Waals surface area contributed by atoms with E-state index in [1.165, 1.54) is 18.4 Å². The molecular weight excluding hydrogens is 228 g/mol. The first-order valence-corrected chi connectivity index (χ1v) is 5.57. The average molecular weight is 236 g/mol. The minimum Gasteiger partial charge on any atom is -0.398 e. The van der Waals surface area contributed by atoms with E-state index in [0.717, 1.165) is 0 Å². The maximum absolute atomic E-state index is 10.9. The normalized spacial score (nSPS) is 11.0.